The van der Waals surface area contributed by atoms with Crippen molar-refractivity contribution in [3.8, 4) is 0 Å². The van der Waals surface area contributed by atoms with Crippen LogP contribution in [0.5, 0.6) is 0 Å². The van der Waals surface area contributed by atoms with E-state index in [2.05, 4.69) is 4.90 Å². The van der Waals surface area contributed by atoms with E-state index >= 15 is 0 Å². The summed E-state index contributed by atoms with van der Waals surface area (Å²) in [6, 6.07) is 5.30. The Morgan fingerprint density at radius 2 is 2.11 bits per heavy atom. The molecule has 0 amide bonds. The molecule has 5 heteroatoms. The van der Waals surface area contributed by atoms with Gasteiger partial charge in [0.05, 0.1) is 18.1 Å². The predicted octanol–water partition coefficient (Wildman–Crippen LogP) is 1.78. The number of hydrogen-bond donors (Lipinski definition) is 0. The topological polar surface area (TPSA) is 55.6 Å². The zero-order chi connectivity index (χ0) is 13.0. The lowest BCUT2D eigenvalue weighted by atomic mass is 10.1. The van der Waals surface area contributed by atoms with Gasteiger partial charge in [-0.05, 0) is 19.4 Å². The fraction of sp³-hybridized carbons (Fsp3) is 0.538. The van der Waals surface area contributed by atoms with Gasteiger partial charge in [-0.1, -0.05) is 11.6 Å². The molecule has 1 aliphatic rings. The van der Waals surface area contributed by atoms with Crippen molar-refractivity contribution in [1.29, 1.82) is 0 Å². The summed E-state index contributed by atoms with van der Waals surface area (Å²) in [7, 11) is 0. The van der Waals surface area contributed by atoms with Gasteiger partial charge >= 0.3 is 0 Å². The minimum atomic E-state index is -0.298. The van der Waals surface area contributed by atoms with Gasteiger partial charge in [-0.15, -0.1) is 0 Å². The van der Waals surface area contributed by atoms with Gasteiger partial charge < -0.3 is 4.74 Å². The monoisotopic (exact) mass is 250 g/mol. The Hall–Kier alpha value is -1.46. The zero-order valence-corrected chi connectivity index (χ0v) is 10.6. The third kappa shape index (κ3) is 3.27. The summed E-state index contributed by atoms with van der Waals surface area (Å²) in [6.07, 6.45) is 0.720. The SMILES string of the molecule is Cc1ccc([N+](=O)[O-])c(CCN2CCOCC2)c1. The summed E-state index contributed by atoms with van der Waals surface area (Å²) in [6.45, 7) is 6.17. The molecule has 18 heavy (non-hydrogen) atoms. The van der Waals surface area contributed by atoms with Crippen LogP contribution in [0.4, 0.5) is 5.69 Å². The summed E-state index contributed by atoms with van der Waals surface area (Å²) in [5, 5.41) is 11.0. The van der Waals surface area contributed by atoms with Crippen molar-refractivity contribution in [1.82, 2.24) is 4.90 Å². The second kappa shape index (κ2) is 5.93. The van der Waals surface area contributed by atoms with Crippen LogP contribution in [0, 0.1) is 17.0 Å². The Kier molecular flexibility index (Phi) is 4.28. The lowest BCUT2D eigenvalue weighted by molar-refractivity contribution is -0.385. The number of nitro groups is 1. The first-order chi connectivity index (χ1) is 8.66. The average Bonchev–Trinajstić information content (AvgIpc) is 2.37. The van der Waals surface area contributed by atoms with Gasteiger partial charge in [-0.2, -0.15) is 0 Å². The van der Waals surface area contributed by atoms with Gasteiger partial charge in [0, 0.05) is 31.3 Å². The summed E-state index contributed by atoms with van der Waals surface area (Å²) in [4.78, 5) is 12.9. The molecule has 0 spiro atoms. The lowest BCUT2D eigenvalue weighted by Gasteiger charge is -2.26. The minimum absolute atomic E-state index is 0.230. The molecule has 1 aromatic rings. The predicted molar refractivity (Wildman–Crippen MR) is 68.8 cm³/mol. The third-order valence-electron chi connectivity index (χ3n) is 3.23. The Bertz CT molecular complexity index is 428. The molecule has 5 nitrogen and oxygen atoms in total. The highest BCUT2D eigenvalue weighted by atomic mass is 16.6. The number of rotatable bonds is 4. The van der Waals surface area contributed by atoms with Gasteiger partial charge in [0.2, 0.25) is 0 Å². The average molecular weight is 250 g/mol. The molecule has 0 aromatic heterocycles. The molecule has 0 atom stereocenters. The largest absolute Gasteiger partial charge is 0.379 e. The van der Waals surface area contributed by atoms with E-state index in [0.29, 0.717) is 0 Å². The van der Waals surface area contributed by atoms with E-state index in [4.69, 9.17) is 4.74 Å². The van der Waals surface area contributed by atoms with Crippen LogP contribution < -0.4 is 0 Å². The van der Waals surface area contributed by atoms with Crippen molar-refractivity contribution >= 4 is 5.69 Å². The Morgan fingerprint density at radius 3 is 2.78 bits per heavy atom. The molecule has 1 aromatic carbocycles. The maximum atomic E-state index is 11.0. The van der Waals surface area contributed by atoms with Crippen molar-refractivity contribution in [3.63, 3.8) is 0 Å². The van der Waals surface area contributed by atoms with Crippen LogP contribution in [0.1, 0.15) is 11.1 Å². The molecule has 0 unspecified atom stereocenters. The van der Waals surface area contributed by atoms with Gasteiger partial charge in [0.25, 0.3) is 5.69 Å². The van der Waals surface area contributed by atoms with E-state index in [1.807, 2.05) is 13.0 Å². The van der Waals surface area contributed by atoms with E-state index in [-0.39, 0.29) is 10.6 Å². The standard InChI is InChI=1S/C13H18N2O3/c1-11-2-3-13(15(16)17)12(10-11)4-5-14-6-8-18-9-7-14/h2-3,10H,4-9H2,1H3. The van der Waals surface area contributed by atoms with Crippen LogP contribution in [0.2, 0.25) is 0 Å². The van der Waals surface area contributed by atoms with Crippen LogP contribution in [-0.2, 0) is 11.2 Å². The van der Waals surface area contributed by atoms with Gasteiger partial charge in [-0.3, -0.25) is 15.0 Å². The Balaban J connectivity index is 2.03. The number of aryl methyl sites for hydroxylation is 1. The lowest BCUT2D eigenvalue weighted by Crippen LogP contribution is -2.37. The number of nitrogens with zero attached hydrogens (tertiary/aromatic N) is 2. The van der Waals surface area contributed by atoms with Crippen molar-refractivity contribution in [3.05, 3.63) is 39.4 Å². The summed E-state index contributed by atoms with van der Waals surface area (Å²) in [5.74, 6) is 0. The summed E-state index contributed by atoms with van der Waals surface area (Å²) in [5.41, 5.74) is 2.12. The minimum Gasteiger partial charge on any atom is -0.379 e. The van der Waals surface area contributed by atoms with E-state index in [9.17, 15) is 10.1 Å². The molecule has 0 bridgehead atoms. The first-order valence-electron chi connectivity index (χ1n) is 6.21. The molecule has 1 aliphatic heterocycles. The zero-order valence-electron chi connectivity index (χ0n) is 10.6. The van der Waals surface area contributed by atoms with Crippen LogP contribution in [-0.4, -0.2) is 42.7 Å². The third-order valence-corrected chi connectivity index (χ3v) is 3.23. The Labute approximate surface area is 107 Å². The quantitative estimate of drug-likeness (QED) is 0.603. The number of ether oxygens (including phenoxy) is 1. The summed E-state index contributed by atoms with van der Waals surface area (Å²) >= 11 is 0. The summed E-state index contributed by atoms with van der Waals surface area (Å²) < 4.78 is 5.28. The van der Waals surface area contributed by atoms with Crippen LogP contribution >= 0.6 is 0 Å². The molecule has 0 saturated carbocycles. The first-order valence-corrected chi connectivity index (χ1v) is 6.21. The number of hydrogen-bond acceptors (Lipinski definition) is 4. The van der Waals surface area contributed by atoms with E-state index < -0.39 is 0 Å². The molecule has 1 fully saturated rings. The van der Waals surface area contributed by atoms with Crippen LogP contribution in [0.15, 0.2) is 18.2 Å². The molecular weight excluding hydrogens is 232 g/mol. The fourth-order valence-electron chi connectivity index (χ4n) is 2.20. The highest BCUT2D eigenvalue weighted by molar-refractivity contribution is 5.42. The first kappa shape index (κ1) is 13.0. The molecule has 0 aliphatic carbocycles. The number of benzene rings is 1. The van der Waals surface area contributed by atoms with Crippen molar-refractivity contribution in [2.24, 2.45) is 0 Å². The normalized spacial score (nSPS) is 16.7. The van der Waals surface area contributed by atoms with Gasteiger partial charge in [0.1, 0.15) is 0 Å². The van der Waals surface area contributed by atoms with E-state index in [1.165, 1.54) is 0 Å². The fourth-order valence-corrected chi connectivity index (χ4v) is 2.20. The second-order valence-electron chi connectivity index (χ2n) is 4.59. The van der Waals surface area contributed by atoms with E-state index in [1.54, 1.807) is 12.1 Å². The molecule has 0 radical (unpaired) electrons. The molecular formula is C13H18N2O3. The van der Waals surface area contributed by atoms with Crippen molar-refractivity contribution < 1.29 is 9.66 Å². The van der Waals surface area contributed by atoms with Gasteiger partial charge in [-0.25, -0.2) is 0 Å². The second-order valence-corrected chi connectivity index (χ2v) is 4.59. The molecule has 1 heterocycles. The highest BCUT2D eigenvalue weighted by Gasteiger charge is 2.15. The van der Waals surface area contributed by atoms with E-state index in [0.717, 1.165) is 50.4 Å². The van der Waals surface area contributed by atoms with Crippen LogP contribution in [0.3, 0.4) is 0 Å². The number of morpholine rings is 1. The molecule has 98 valence electrons. The molecule has 1 saturated heterocycles. The highest BCUT2D eigenvalue weighted by Crippen LogP contribution is 2.20. The molecule has 0 N–H and O–H groups in total. The number of nitro benzene ring substituents is 1. The maximum absolute atomic E-state index is 11.0. The Morgan fingerprint density at radius 1 is 1.39 bits per heavy atom. The van der Waals surface area contributed by atoms with Crippen molar-refractivity contribution in [2.45, 2.75) is 13.3 Å². The van der Waals surface area contributed by atoms with Gasteiger partial charge in [0.15, 0.2) is 0 Å². The van der Waals surface area contributed by atoms with Crippen LogP contribution in [0.25, 0.3) is 0 Å². The molecule has 2 rings (SSSR count). The maximum Gasteiger partial charge on any atom is 0.272 e. The smallest absolute Gasteiger partial charge is 0.272 e. The van der Waals surface area contributed by atoms with Crippen molar-refractivity contribution in [2.75, 3.05) is 32.8 Å².